The molecule has 0 saturated heterocycles. The van der Waals surface area contributed by atoms with Crippen LogP contribution >= 0.6 is 0 Å². The minimum absolute atomic E-state index is 0.220. The maximum atomic E-state index is 11.7. The second-order valence-electron chi connectivity index (χ2n) is 3.42. The van der Waals surface area contributed by atoms with Gasteiger partial charge >= 0.3 is 6.09 Å². The number of ether oxygens (including phenoxy) is 1. The molecule has 0 radical (unpaired) electrons. The van der Waals surface area contributed by atoms with E-state index in [0.717, 1.165) is 0 Å². The second-order valence-corrected chi connectivity index (χ2v) is 3.42. The summed E-state index contributed by atoms with van der Waals surface area (Å²) in [5.41, 5.74) is 0.978. The number of anilines is 1. The van der Waals surface area contributed by atoms with Crippen LogP contribution in [0, 0.1) is 0 Å². The minimum Gasteiger partial charge on any atom is -0.450 e. The van der Waals surface area contributed by atoms with Gasteiger partial charge in [0.15, 0.2) is 0 Å². The van der Waals surface area contributed by atoms with Gasteiger partial charge in [0.1, 0.15) is 0 Å². The summed E-state index contributed by atoms with van der Waals surface area (Å²) in [6.45, 7) is 5.93. The topological polar surface area (TPSA) is 67.4 Å². The van der Waals surface area contributed by atoms with Crippen molar-refractivity contribution >= 4 is 17.7 Å². The predicted octanol–water partition coefficient (Wildman–Crippen LogP) is 2.17. The Hall–Kier alpha value is -2.30. The first-order chi connectivity index (χ1) is 8.67. The lowest BCUT2D eigenvalue weighted by Crippen LogP contribution is -2.23. The van der Waals surface area contributed by atoms with Crippen molar-refractivity contribution in [3.8, 4) is 0 Å². The lowest BCUT2D eigenvalue weighted by Gasteiger charge is -2.07. The number of rotatable bonds is 5. The molecule has 0 saturated carbocycles. The molecule has 0 unspecified atom stereocenters. The van der Waals surface area contributed by atoms with Crippen molar-refractivity contribution in [2.75, 3.05) is 18.5 Å². The zero-order chi connectivity index (χ0) is 13.4. The summed E-state index contributed by atoms with van der Waals surface area (Å²) in [6.07, 6.45) is 1.06. The first kappa shape index (κ1) is 13.8. The summed E-state index contributed by atoms with van der Waals surface area (Å²) in [4.78, 5) is 22.9. The number of benzene rings is 1. The third-order valence-corrected chi connectivity index (χ3v) is 2.05. The van der Waals surface area contributed by atoms with E-state index in [1.165, 1.54) is 0 Å². The molecule has 18 heavy (non-hydrogen) atoms. The van der Waals surface area contributed by atoms with E-state index in [0.29, 0.717) is 24.4 Å². The fourth-order valence-corrected chi connectivity index (χ4v) is 1.29. The van der Waals surface area contributed by atoms with E-state index in [1.54, 1.807) is 37.3 Å². The largest absolute Gasteiger partial charge is 0.450 e. The van der Waals surface area contributed by atoms with Crippen molar-refractivity contribution in [3.05, 3.63) is 42.5 Å². The normalized spacial score (nSPS) is 9.39. The van der Waals surface area contributed by atoms with E-state index < -0.39 is 6.09 Å². The molecule has 0 aromatic heterocycles. The Morgan fingerprint density at radius 2 is 2.22 bits per heavy atom. The average molecular weight is 248 g/mol. The van der Waals surface area contributed by atoms with Crippen molar-refractivity contribution in [2.24, 2.45) is 0 Å². The molecule has 0 atom stereocenters. The molecule has 0 aliphatic rings. The molecule has 5 nitrogen and oxygen atoms in total. The number of amides is 2. The van der Waals surface area contributed by atoms with Gasteiger partial charge < -0.3 is 10.1 Å². The summed E-state index contributed by atoms with van der Waals surface area (Å²) >= 11 is 0. The van der Waals surface area contributed by atoms with Crippen molar-refractivity contribution < 1.29 is 14.3 Å². The van der Waals surface area contributed by atoms with Crippen molar-refractivity contribution in [2.45, 2.75) is 6.92 Å². The number of carbonyl (C=O) groups is 2. The highest BCUT2D eigenvalue weighted by Gasteiger charge is 2.07. The Labute approximate surface area is 106 Å². The van der Waals surface area contributed by atoms with Crippen LogP contribution in [-0.4, -0.2) is 25.2 Å². The molecule has 96 valence electrons. The molecule has 0 aliphatic carbocycles. The van der Waals surface area contributed by atoms with Gasteiger partial charge in [-0.05, 0) is 25.1 Å². The van der Waals surface area contributed by atoms with Crippen LogP contribution in [0.3, 0.4) is 0 Å². The van der Waals surface area contributed by atoms with Gasteiger partial charge in [0, 0.05) is 17.8 Å². The van der Waals surface area contributed by atoms with Crippen LogP contribution in [0.2, 0.25) is 0 Å². The highest BCUT2D eigenvalue weighted by Crippen LogP contribution is 2.10. The van der Waals surface area contributed by atoms with Gasteiger partial charge in [0.05, 0.1) is 6.61 Å². The third kappa shape index (κ3) is 4.29. The first-order valence-corrected chi connectivity index (χ1v) is 5.60. The predicted molar refractivity (Wildman–Crippen MR) is 69.6 cm³/mol. The maximum Gasteiger partial charge on any atom is 0.411 e. The summed E-state index contributed by atoms with van der Waals surface area (Å²) in [7, 11) is 0. The van der Waals surface area contributed by atoms with Gasteiger partial charge in [-0.2, -0.15) is 0 Å². The molecule has 1 aromatic rings. The number of carbonyl (C=O) groups excluding carboxylic acids is 2. The molecule has 1 aromatic carbocycles. The monoisotopic (exact) mass is 248 g/mol. The van der Waals surface area contributed by atoms with Crippen LogP contribution < -0.4 is 10.6 Å². The number of nitrogens with one attached hydrogen (secondary N) is 2. The van der Waals surface area contributed by atoms with Gasteiger partial charge in [0.2, 0.25) is 0 Å². The molecular formula is C13H16N2O3. The molecule has 2 N–H and O–H groups in total. The van der Waals surface area contributed by atoms with E-state index >= 15 is 0 Å². The highest BCUT2D eigenvalue weighted by molar-refractivity contribution is 5.96. The molecule has 5 heteroatoms. The van der Waals surface area contributed by atoms with Crippen LogP contribution in [0.15, 0.2) is 36.9 Å². The molecule has 0 spiro atoms. The number of hydrogen-bond acceptors (Lipinski definition) is 3. The molecule has 0 fully saturated rings. The Morgan fingerprint density at radius 1 is 1.44 bits per heavy atom. The average Bonchev–Trinajstić information content (AvgIpc) is 2.36. The summed E-state index contributed by atoms with van der Waals surface area (Å²) in [6, 6.07) is 6.61. The van der Waals surface area contributed by atoms with Crippen LogP contribution in [0.4, 0.5) is 10.5 Å². The third-order valence-electron chi connectivity index (χ3n) is 2.05. The van der Waals surface area contributed by atoms with E-state index in [4.69, 9.17) is 4.74 Å². The Bertz CT molecular complexity index is 444. The molecule has 1 rings (SSSR count). The van der Waals surface area contributed by atoms with Gasteiger partial charge in [-0.3, -0.25) is 10.1 Å². The van der Waals surface area contributed by atoms with Crippen LogP contribution in [0.1, 0.15) is 17.3 Å². The molecule has 0 aliphatic heterocycles. The maximum absolute atomic E-state index is 11.7. The molecular weight excluding hydrogens is 232 g/mol. The molecule has 0 heterocycles. The zero-order valence-electron chi connectivity index (χ0n) is 10.2. The number of hydrogen-bond donors (Lipinski definition) is 2. The minimum atomic E-state index is -0.541. The smallest absolute Gasteiger partial charge is 0.411 e. The van der Waals surface area contributed by atoms with Gasteiger partial charge in [-0.1, -0.05) is 12.1 Å². The standard InChI is InChI=1S/C13H16N2O3/c1-3-8-14-12(16)10-6-5-7-11(9-10)15-13(17)18-4-2/h3,5-7,9H,1,4,8H2,2H3,(H,14,16)(H,15,17). The Kier molecular flexibility index (Phi) is 5.44. The summed E-state index contributed by atoms with van der Waals surface area (Å²) in [5, 5.41) is 5.19. The lowest BCUT2D eigenvalue weighted by atomic mass is 10.2. The van der Waals surface area contributed by atoms with E-state index in [1.807, 2.05) is 0 Å². The second kappa shape index (κ2) is 7.11. The summed E-state index contributed by atoms with van der Waals surface area (Å²) < 4.78 is 4.75. The van der Waals surface area contributed by atoms with Crippen LogP contribution in [0.25, 0.3) is 0 Å². The fraction of sp³-hybridized carbons (Fsp3) is 0.231. The zero-order valence-corrected chi connectivity index (χ0v) is 10.2. The van der Waals surface area contributed by atoms with Gasteiger partial charge in [0.25, 0.3) is 5.91 Å². The molecule has 2 amide bonds. The molecule has 0 bridgehead atoms. The fourth-order valence-electron chi connectivity index (χ4n) is 1.29. The van der Waals surface area contributed by atoms with Gasteiger partial charge in [-0.25, -0.2) is 4.79 Å². The SMILES string of the molecule is C=CCNC(=O)c1cccc(NC(=O)OCC)c1. The van der Waals surface area contributed by atoms with E-state index in [-0.39, 0.29) is 5.91 Å². The van der Waals surface area contributed by atoms with E-state index in [2.05, 4.69) is 17.2 Å². The lowest BCUT2D eigenvalue weighted by molar-refractivity contribution is 0.0958. The van der Waals surface area contributed by atoms with Gasteiger partial charge in [-0.15, -0.1) is 6.58 Å². The summed E-state index contributed by atoms with van der Waals surface area (Å²) in [5.74, 6) is -0.220. The Morgan fingerprint density at radius 3 is 2.89 bits per heavy atom. The van der Waals surface area contributed by atoms with E-state index in [9.17, 15) is 9.59 Å². The first-order valence-electron chi connectivity index (χ1n) is 5.60. The van der Waals surface area contributed by atoms with Crippen molar-refractivity contribution in [1.82, 2.24) is 5.32 Å². The highest BCUT2D eigenvalue weighted by atomic mass is 16.5. The Balaban J connectivity index is 2.69. The van der Waals surface area contributed by atoms with Crippen LogP contribution in [-0.2, 0) is 4.74 Å². The van der Waals surface area contributed by atoms with Crippen molar-refractivity contribution in [3.63, 3.8) is 0 Å². The van der Waals surface area contributed by atoms with Crippen LogP contribution in [0.5, 0.6) is 0 Å². The quantitative estimate of drug-likeness (QED) is 0.785. The van der Waals surface area contributed by atoms with Crippen molar-refractivity contribution in [1.29, 1.82) is 0 Å².